The second-order valence-corrected chi connectivity index (χ2v) is 8.82. The summed E-state index contributed by atoms with van der Waals surface area (Å²) in [7, 11) is 0. The number of piperazine rings is 1. The van der Waals surface area contributed by atoms with Crippen LogP contribution in [0.15, 0.2) is 48.5 Å². The predicted molar refractivity (Wildman–Crippen MR) is 132 cm³/mol. The summed E-state index contributed by atoms with van der Waals surface area (Å²) in [5.41, 5.74) is 3.44. The number of halogens is 1. The topological polar surface area (TPSA) is 83.0 Å². The van der Waals surface area contributed by atoms with E-state index in [9.17, 15) is 14.7 Å². The lowest BCUT2D eigenvalue weighted by atomic mass is 10.0. The Labute approximate surface area is 203 Å². The van der Waals surface area contributed by atoms with Crippen LogP contribution < -0.4 is 0 Å². The lowest BCUT2D eigenvalue weighted by molar-refractivity contribution is 0.0560. The number of carbonyl (C=O) groups excluding carboxylic acids is 2. The molecule has 1 unspecified atom stereocenters. The Kier molecular flexibility index (Phi) is 7.34. The summed E-state index contributed by atoms with van der Waals surface area (Å²) in [4.78, 5) is 33.3. The number of nitrogens with zero attached hydrogens (tertiary/aromatic N) is 3. The van der Waals surface area contributed by atoms with Crippen LogP contribution in [0.1, 0.15) is 42.3 Å². The predicted octanol–water partition coefficient (Wildman–Crippen LogP) is 4.91. The number of aliphatic hydroxyl groups is 1. The van der Waals surface area contributed by atoms with Gasteiger partial charge in [-0.1, -0.05) is 42.8 Å². The zero-order chi connectivity index (χ0) is 24.2. The Morgan fingerprint density at radius 1 is 1.09 bits per heavy atom. The van der Waals surface area contributed by atoms with Gasteiger partial charge in [-0.2, -0.15) is 0 Å². The average Bonchev–Trinajstić information content (AvgIpc) is 2.86. The van der Waals surface area contributed by atoms with Gasteiger partial charge in [-0.3, -0.25) is 4.79 Å². The highest BCUT2D eigenvalue weighted by atomic mass is 35.5. The Morgan fingerprint density at radius 2 is 1.82 bits per heavy atom. The van der Waals surface area contributed by atoms with Crippen molar-refractivity contribution in [3.63, 3.8) is 0 Å². The zero-order valence-electron chi connectivity index (χ0n) is 19.3. The van der Waals surface area contributed by atoms with Crippen LogP contribution in [0.4, 0.5) is 4.79 Å². The second-order valence-electron chi connectivity index (χ2n) is 8.42. The highest BCUT2D eigenvalue weighted by Crippen LogP contribution is 2.30. The van der Waals surface area contributed by atoms with Crippen LogP contribution in [0.3, 0.4) is 0 Å². The molecule has 34 heavy (non-hydrogen) atoms. The number of carbonyl (C=O) groups is 2. The van der Waals surface area contributed by atoms with Gasteiger partial charge in [0.15, 0.2) is 0 Å². The maximum Gasteiger partial charge on any atom is 0.409 e. The molecule has 0 saturated carbocycles. The van der Waals surface area contributed by atoms with E-state index in [1.54, 1.807) is 34.9 Å². The number of aliphatic hydroxyl groups excluding tert-OH is 1. The first-order valence-corrected chi connectivity index (χ1v) is 11.8. The molecule has 0 bridgehead atoms. The largest absolute Gasteiger partial charge is 0.449 e. The molecule has 1 aliphatic heterocycles. The molecule has 0 aliphatic carbocycles. The van der Waals surface area contributed by atoms with Crippen molar-refractivity contribution in [2.24, 2.45) is 0 Å². The van der Waals surface area contributed by atoms with Gasteiger partial charge in [0, 0.05) is 42.7 Å². The van der Waals surface area contributed by atoms with Crippen LogP contribution in [0.2, 0.25) is 5.02 Å². The van der Waals surface area contributed by atoms with Crippen LogP contribution >= 0.6 is 11.6 Å². The fourth-order valence-electron chi connectivity index (χ4n) is 3.98. The van der Waals surface area contributed by atoms with Crippen molar-refractivity contribution in [3.8, 4) is 11.3 Å². The fraction of sp³-hybridized carbons (Fsp3) is 0.346. The Bertz CT molecular complexity index is 1210. The maximum atomic E-state index is 13.2. The first kappa shape index (κ1) is 24.0. The van der Waals surface area contributed by atoms with Crippen molar-refractivity contribution < 1.29 is 19.4 Å². The van der Waals surface area contributed by atoms with Crippen molar-refractivity contribution in [2.75, 3.05) is 32.8 Å². The van der Waals surface area contributed by atoms with Gasteiger partial charge in [-0.15, -0.1) is 0 Å². The van der Waals surface area contributed by atoms with E-state index in [4.69, 9.17) is 21.3 Å². The van der Waals surface area contributed by atoms with Crippen molar-refractivity contribution >= 4 is 34.5 Å². The summed E-state index contributed by atoms with van der Waals surface area (Å²) in [5.74, 6) is -0.108. The number of fused-ring (bicyclic) bond motifs is 1. The highest BCUT2D eigenvalue weighted by molar-refractivity contribution is 6.35. The van der Waals surface area contributed by atoms with E-state index in [-0.39, 0.29) is 12.0 Å². The summed E-state index contributed by atoms with van der Waals surface area (Å²) in [6.45, 7) is 5.83. The van der Waals surface area contributed by atoms with Crippen LogP contribution in [0.5, 0.6) is 0 Å². The Hall–Kier alpha value is -3.16. The SMILES string of the molecule is CCCOC(=O)N1CCN(C(=O)c2ccc3c(Cl)cc(-c4cccc(C(C)O)c4)nc3c2)CC1. The number of amides is 2. The molecule has 8 heteroatoms. The number of pyridine rings is 1. The third-order valence-corrected chi connectivity index (χ3v) is 6.24. The van der Waals surface area contributed by atoms with E-state index in [0.717, 1.165) is 22.9 Å². The second kappa shape index (κ2) is 10.4. The summed E-state index contributed by atoms with van der Waals surface area (Å²) >= 11 is 6.54. The molecule has 2 heterocycles. The van der Waals surface area contributed by atoms with Gasteiger partial charge < -0.3 is 19.6 Å². The first-order valence-electron chi connectivity index (χ1n) is 11.5. The van der Waals surface area contributed by atoms with Gasteiger partial charge in [0.05, 0.1) is 28.9 Å². The smallest absolute Gasteiger partial charge is 0.409 e. The Morgan fingerprint density at radius 3 is 2.53 bits per heavy atom. The van der Waals surface area contributed by atoms with Crippen LogP contribution in [-0.2, 0) is 4.74 Å². The molecule has 1 saturated heterocycles. The number of hydrogen-bond acceptors (Lipinski definition) is 5. The van der Waals surface area contributed by atoms with Crippen LogP contribution in [0.25, 0.3) is 22.2 Å². The van der Waals surface area contributed by atoms with Gasteiger partial charge >= 0.3 is 6.09 Å². The molecule has 1 atom stereocenters. The van der Waals surface area contributed by atoms with E-state index in [1.165, 1.54) is 0 Å². The molecule has 178 valence electrons. The van der Waals surface area contributed by atoms with Gasteiger partial charge in [0.2, 0.25) is 0 Å². The molecule has 7 nitrogen and oxygen atoms in total. The average molecular weight is 482 g/mol. The number of ether oxygens (including phenoxy) is 1. The van der Waals surface area contributed by atoms with E-state index in [1.807, 2.05) is 37.3 Å². The quantitative estimate of drug-likeness (QED) is 0.559. The van der Waals surface area contributed by atoms with Crippen LogP contribution in [0, 0.1) is 0 Å². The number of benzene rings is 2. The summed E-state index contributed by atoms with van der Waals surface area (Å²) in [5, 5.41) is 11.2. The third-order valence-electron chi connectivity index (χ3n) is 5.93. The third kappa shape index (κ3) is 5.16. The van der Waals surface area contributed by atoms with Gasteiger partial charge in [-0.25, -0.2) is 9.78 Å². The lowest BCUT2D eigenvalue weighted by Gasteiger charge is -2.34. The minimum Gasteiger partial charge on any atom is -0.449 e. The van der Waals surface area contributed by atoms with Gasteiger partial charge in [0.1, 0.15) is 0 Å². The molecule has 1 fully saturated rings. The van der Waals surface area contributed by atoms with E-state index < -0.39 is 6.10 Å². The zero-order valence-corrected chi connectivity index (χ0v) is 20.1. The molecule has 4 rings (SSSR count). The van der Waals surface area contributed by atoms with E-state index >= 15 is 0 Å². The molecule has 2 aromatic carbocycles. The van der Waals surface area contributed by atoms with Crippen molar-refractivity contribution in [2.45, 2.75) is 26.4 Å². The van der Waals surface area contributed by atoms with Crippen molar-refractivity contribution in [3.05, 3.63) is 64.7 Å². The minimum atomic E-state index is -0.589. The normalized spacial score (nSPS) is 14.8. The molecular weight excluding hydrogens is 454 g/mol. The van der Waals surface area contributed by atoms with Crippen LogP contribution in [-0.4, -0.2) is 64.7 Å². The minimum absolute atomic E-state index is 0.108. The molecule has 1 aliphatic rings. The summed E-state index contributed by atoms with van der Waals surface area (Å²) in [6, 6.07) is 14.6. The molecular formula is C26H28ClN3O4. The number of aromatic nitrogens is 1. The lowest BCUT2D eigenvalue weighted by Crippen LogP contribution is -2.50. The Balaban J connectivity index is 1.54. The fourth-order valence-corrected chi connectivity index (χ4v) is 4.24. The van der Waals surface area contributed by atoms with E-state index in [2.05, 4.69) is 0 Å². The first-order chi connectivity index (χ1) is 16.4. The number of rotatable bonds is 5. The molecule has 1 N–H and O–H groups in total. The molecule has 1 aromatic heterocycles. The van der Waals surface area contributed by atoms with Crippen molar-refractivity contribution in [1.82, 2.24) is 14.8 Å². The molecule has 0 spiro atoms. The molecule has 0 radical (unpaired) electrons. The van der Waals surface area contributed by atoms with Gasteiger partial charge in [0.25, 0.3) is 5.91 Å². The van der Waals surface area contributed by atoms with Gasteiger partial charge in [-0.05, 0) is 43.2 Å². The van der Waals surface area contributed by atoms with E-state index in [0.29, 0.717) is 54.6 Å². The molecule has 2 amide bonds. The summed E-state index contributed by atoms with van der Waals surface area (Å²) in [6.07, 6.45) is -0.141. The number of hydrogen-bond donors (Lipinski definition) is 1. The van der Waals surface area contributed by atoms with Crippen molar-refractivity contribution in [1.29, 1.82) is 0 Å². The summed E-state index contributed by atoms with van der Waals surface area (Å²) < 4.78 is 5.19. The standard InChI is InChI=1S/C26H28ClN3O4/c1-3-13-34-26(33)30-11-9-29(10-12-30)25(32)20-7-8-21-22(27)16-23(28-24(21)15-20)19-6-4-5-18(14-19)17(2)31/h4-8,14-17,31H,3,9-13H2,1-2H3. The monoisotopic (exact) mass is 481 g/mol. The molecule has 3 aromatic rings. The highest BCUT2D eigenvalue weighted by Gasteiger charge is 2.26. The maximum absolute atomic E-state index is 13.2.